The minimum Gasteiger partial charge on any atom is -0.396 e. The third kappa shape index (κ3) is 1.45. The number of nitrogens with zero attached hydrogens (tertiary/aromatic N) is 2. The predicted molar refractivity (Wildman–Crippen MR) is 63.2 cm³/mol. The molecule has 2 saturated heterocycles. The van der Waals surface area contributed by atoms with Gasteiger partial charge in [-0.15, -0.1) is 0 Å². The number of anilines is 2. The van der Waals surface area contributed by atoms with E-state index in [1.54, 1.807) is 12.4 Å². The van der Waals surface area contributed by atoms with Gasteiger partial charge in [0, 0.05) is 18.3 Å². The maximum Gasteiger partial charge on any atom is 0.0738 e. The molecule has 0 radical (unpaired) electrons. The van der Waals surface area contributed by atoms with E-state index in [0.717, 1.165) is 24.2 Å². The number of aromatic nitrogens is 1. The van der Waals surface area contributed by atoms with E-state index in [0.29, 0.717) is 12.1 Å². The van der Waals surface area contributed by atoms with Crippen LogP contribution < -0.4 is 10.6 Å². The maximum atomic E-state index is 9.75. The molecular formula is C12H17N3O. The van der Waals surface area contributed by atoms with Gasteiger partial charge in [-0.3, -0.25) is 4.98 Å². The summed E-state index contributed by atoms with van der Waals surface area (Å²) in [6.45, 7) is 0. The molecule has 0 aromatic carbocycles. The first-order valence-electron chi connectivity index (χ1n) is 5.91. The fraction of sp³-hybridized carbons (Fsp3) is 0.583. The van der Waals surface area contributed by atoms with Gasteiger partial charge in [-0.05, 0) is 31.7 Å². The van der Waals surface area contributed by atoms with E-state index in [1.165, 1.54) is 12.8 Å². The molecule has 4 heteroatoms. The van der Waals surface area contributed by atoms with Crippen LogP contribution in [-0.2, 0) is 0 Å². The van der Waals surface area contributed by atoms with Crippen molar-refractivity contribution < 1.29 is 5.11 Å². The Kier molecular flexibility index (Phi) is 2.24. The molecule has 0 aliphatic carbocycles. The minimum atomic E-state index is -0.128. The highest BCUT2D eigenvalue weighted by Gasteiger charge is 2.40. The van der Waals surface area contributed by atoms with Crippen molar-refractivity contribution in [2.75, 3.05) is 10.6 Å². The number of rotatable bonds is 1. The lowest BCUT2D eigenvalue weighted by Crippen LogP contribution is -2.45. The number of aliphatic hydroxyl groups excluding tert-OH is 1. The van der Waals surface area contributed by atoms with Crippen LogP contribution in [0.15, 0.2) is 18.5 Å². The fourth-order valence-corrected chi connectivity index (χ4v) is 3.18. The van der Waals surface area contributed by atoms with Crippen LogP contribution >= 0.6 is 0 Å². The minimum absolute atomic E-state index is 0.128. The fourth-order valence-electron chi connectivity index (χ4n) is 3.18. The van der Waals surface area contributed by atoms with Crippen LogP contribution in [0.4, 0.5) is 11.4 Å². The van der Waals surface area contributed by atoms with Gasteiger partial charge < -0.3 is 15.7 Å². The monoisotopic (exact) mass is 219 g/mol. The average Bonchev–Trinajstić information content (AvgIpc) is 2.53. The number of hydrogen-bond acceptors (Lipinski definition) is 4. The number of nitrogens with two attached hydrogens (primary N) is 1. The number of hydrogen-bond donors (Lipinski definition) is 2. The zero-order valence-corrected chi connectivity index (χ0v) is 9.21. The highest BCUT2D eigenvalue weighted by atomic mass is 16.3. The first-order valence-corrected chi connectivity index (χ1v) is 5.91. The van der Waals surface area contributed by atoms with Crippen molar-refractivity contribution in [3.05, 3.63) is 18.5 Å². The highest BCUT2D eigenvalue weighted by molar-refractivity contribution is 5.67. The van der Waals surface area contributed by atoms with Crippen LogP contribution in [0.3, 0.4) is 0 Å². The van der Waals surface area contributed by atoms with Crippen molar-refractivity contribution >= 4 is 11.4 Å². The lowest BCUT2D eigenvalue weighted by molar-refractivity contribution is 0.126. The van der Waals surface area contributed by atoms with Gasteiger partial charge in [0.05, 0.1) is 23.7 Å². The van der Waals surface area contributed by atoms with Crippen molar-refractivity contribution in [2.24, 2.45) is 0 Å². The van der Waals surface area contributed by atoms with Crippen LogP contribution in [0.2, 0.25) is 0 Å². The van der Waals surface area contributed by atoms with Gasteiger partial charge in [-0.1, -0.05) is 0 Å². The third-order valence-electron chi connectivity index (χ3n) is 3.81. The Morgan fingerprint density at radius 1 is 1.31 bits per heavy atom. The quantitative estimate of drug-likeness (QED) is 0.744. The highest BCUT2D eigenvalue weighted by Crippen LogP contribution is 2.40. The molecular weight excluding hydrogens is 202 g/mol. The molecule has 3 heterocycles. The summed E-state index contributed by atoms with van der Waals surface area (Å²) in [5, 5.41) is 9.75. The van der Waals surface area contributed by atoms with Gasteiger partial charge >= 0.3 is 0 Å². The third-order valence-corrected chi connectivity index (χ3v) is 3.81. The summed E-state index contributed by atoms with van der Waals surface area (Å²) in [6.07, 6.45) is 7.45. The van der Waals surface area contributed by atoms with Gasteiger partial charge in [0.15, 0.2) is 0 Å². The summed E-state index contributed by atoms with van der Waals surface area (Å²) in [5.74, 6) is 0. The molecule has 0 spiro atoms. The summed E-state index contributed by atoms with van der Waals surface area (Å²) in [4.78, 5) is 6.42. The summed E-state index contributed by atoms with van der Waals surface area (Å²) in [7, 11) is 0. The van der Waals surface area contributed by atoms with Crippen molar-refractivity contribution in [1.82, 2.24) is 4.98 Å². The number of piperidine rings is 1. The Hall–Kier alpha value is -1.29. The Morgan fingerprint density at radius 2 is 2.00 bits per heavy atom. The van der Waals surface area contributed by atoms with E-state index in [9.17, 15) is 5.11 Å². The largest absolute Gasteiger partial charge is 0.396 e. The Morgan fingerprint density at radius 3 is 2.62 bits per heavy atom. The van der Waals surface area contributed by atoms with Crippen molar-refractivity contribution in [1.29, 1.82) is 0 Å². The molecule has 86 valence electrons. The number of fused-ring (bicyclic) bond motifs is 2. The molecule has 1 aromatic rings. The van der Waals surface area contributed by atoms with E-state index in [4.69, 9.17) is 5.73 Å². The first-order chi connectivity index (χ1) is 7.75. The molecule has 16 heavy (non-hydrogen) atoms. The van der Waals surface area contributed by atoms with E-state index < -0.39 is 0 Å². The smallest absolute Gasteiger partial charge is 0.0738 e. The second kappa shape index (κ2) is 3.63. The molecule has 0 amide bonds. The topological polar surface area (TPSA) is 62.4 Å². The molecule has 0 saturated carbocycles. The second-order valence-corrected chi connectivity index (χ2v) is 4.85. The van der Waals surface area contributed by atoms with E-state index in [2.05, 4.69) is 9.88 Å². The number of aliphatic hydroxyl groups is 1. The van der Waals surface area contributed by atoms with Gasteiger partial charge in [0.2, 0.25) is 0 Å². The van der Waals surface area contributed by atoms with Crippen molar-refractivity contribution in [2.45, 2.75) is 43.9 Å². The molecule has 2 aliphatic heterocycles. The summed E-state index contributed by atoms with van der Waals surface area (Å²) >= 11 is 0. The first kappa shape index (κ1) is 9.90. The molecule has 2 atom stereocenters. The molecule has 3 rings (SSSR count). The Labute approximate surface area is 95.1 Å². The van der Waals surface area contributed by atoms with Gasteiger partial charge in [0.25, 0.3) is 0 Å². The molecule has 1 aromatic heterocycles. The van der Waals surface area contributed by atoms with Crippen LogP contribution in [0.5, 0.6) is 0 Å². The average molecular weight is 219 g/mol. The molecule has 3 N–H and O–H groups in total. The van der Waals surface area contributed by atoms with Gasteiger partial charge in [-0.2, -0.15) is 0 Å². The molecule has 2 aliphatic rings. The predicted octanol–water partition coefficient (Wildman–Crippen LogP) is 1.16. The zero-order valence-electron chi connectivity index (χ0n) is 9.21. The Bertz CT molecular complexity index is 382. The zero-order chi connectivity index (χ0) is 11.1. The maximum absolute atomic E-state index is 9.75. The van der Waals surface area contributed by atoms with E-state index >= 15 is 0 Å². The van der Waals surface area contributed by atoms with Gasteiger partial charge in [-0.25, -0.2) is 0 Å². The molecule has 2 bridgehead atoms. The van der Waals surface area contributed by atoms with Crippen LogP contribution in [-0.4, -0.2) is 28.3 Å². The molecule has 2 unspecified atom stereocenters. The van der Waals surface area contributed by atoms with Crippen molar-refractivity contribution in [3.8, 4) is 0 Å². The molecule has 2 fully saturated rings. The van der Waals surface area contributed by atoms with Gasteiger partial charge in [0.1, 0.15) is 0 Å². The standard InChI is InChI=1S/C12H17N3O/c13-11-7-14-4-3-12(11)15-8-1-2-9(15)6-10(16)5-8/h3-4,7-10,16H,1-2,5-6,13H2. The second-order valence-electron chi connectivity index (χ2n) is 4.85. The lowest BCUT2D eigenvalue weighted by Gasteiger charge is -2.39. The van der Waals surface area contributed by atoms with E-state index in [1.807, 2.05) is 6.07 Å². The normalized spacial score (nSPS) is 33.1. The van der Waals surface area contributed by atoms with Crippen molar-refractivity contribution in [3.63, 3.8) is 0 Å². The van der Waals surface area contributed by atoms with Crippen LogP contribution in [0, 0.1) is 0 Å². The summed E-state index contributed by atoms with van der Waals surface area (Å²) in [5.41, 5.74) is 7.81. The molecule has 4 nitrogen and oxygen atoms in total. The SMILES string of the molecule is Nc1cnccc1N1C2CCC1CC(O)C2. The van der Waals surface area contributed by atoms with Crippen LogP contribution in [0.1, 0.15) is 25.7 Å². The number of pyridine rings is 1. The lowest BCUT2D eigenvalue weighted by atomic mass is 9.99. The van der Waals surface area contributed by atoms with E-state index in [-0.39, 0.29) is 6.10 Å². The van der Waals surface area contributed by atoms with Crippen LogP contribution in [0.25, 0.3) is 0 Å². The number of nitrogen functional groups attached to an aromatic ring is 1. The summed E-state index contributed by atoms with van der Waals surface area (Å²) < 4.78 is 0. The Balaban J connectivity index is 1.94. The summed E-state index contributed by atoms with van der Waals surface area (Å²) in [6, 6.07) is 2.90.